The second kappa shape index (κ2) is 9.20. The summed E-state index contributed by atoms with van der Waals surface area (Å²) in [5, 5.41) is 2.79. The molecule has 1 fully saturated rings. The molecule has 1 aliphatic carbocycles. The fraction of sp³-hybridized carbons (Fsp3) is 0.526. The van der Waals surface area contributed by atoms with E-state index in [1.54, 1.807) is 13.8 Å². The molecule has 2 rings (SSSR count). The van der Waals surface area contributed by atoms with Crippen molar-refractivity contribution in [3.63, 3.8) is 0 Å². The van der Waals surface area contributed by atoms with Gasteiger partial charge < -0.3 is 14.8 Å². The molecule has 6 nitrogen and oxygen atoms in total. The van der Waals surface area contributed by atoms with Crippen molar-refractivity contribution in [3.05, 3.63) is 29.3 Å². The quantitative estimate of drug-likeness (QED) is 0.763. The first-order chi connectivity index (χ1) is 12.0. The number of nitrogens with one attached hydrogen (secondary N) is 1. The Bertz CT molecular complexity index is 598. The van der Waals surface area contributed by atoms with Gasteiger partial charge in [-0.05, 0) is 50.8 Å². The highest BCUT2D eigenvalue weighted by Crippen LogP contribution is 2.28. The van der Waals surface area contributed by atoms with Crippen LogP contribution in [0.25, 0.3) is 0 Å². The molecular weight excluding hydrogens is 322 g/mol. The van der Waals surface area contributed by atoms with Crippen LogP contribution >= 0.6 is 0 Å². The average molecular weight is 347 g/mol. The lowest BCUT2D eigenvalue weighted by molar-refractivity contribution is -0.117. The van der Waals surface area contributed by atoms with Crippen LogP contribution in [-0.2, 0) is 14.3 Å². The van der Waals surface area contributed by atoms with Crippen molar-refractivity contribution in [2.24, 2.45) is 5.92 Å². The van der Waals surface area contributed by atoms with E-state index in [1.807, 2.05) is 0 Å². The van der Waals surface area contributed by atoms with Crippen molar-refractivity contribution >= 4 is 23.5 Å². The van der Waals surface area contributed by atoms with Crippen LogP contribution in [0, 0.1) is 5.92 Å². The lowest BCUT2D eigenvalue weighted by atomic mass is 10.0. The van der Waals surface area contributed by atoms with E-state index in [0.29, 0.717) is 18.0 Å². The van der Waals surface area contributed by atoms with Crippen LogP contribution < -0.4 is 5.32 Å². The first-order valence-electron chi connectivity index (χ1n) is 8.82. The molecule has 0 aromatic heterocycles. The predicted octanol–water partition coefficient (Wildman–Crippen LogP) is 3.56. The number of esters is 2. The van der Waals surface area contributed by atoms with Gasteiger partial charge in [-0.3, -0.25) is 4.79 Å². The summed E-state index contributed by atoms with van der Waals surface area (Å²) in [6.45, 7) is 3.87. The number of anilines is 1. The minimum Gasteiger partial charge on any atom is -0.462 e. The van der Waals surface area contributed by atoms with E-state index in [1.165, 1.54) is 31.0 Å². The minimum absolute atomic E-state index is 0.109. The van der Waals surface area contributed by atoms with E-state index >= 15 is 0 Å². The highest BCUT2D eigenvalue weighted by atomic mass is 16.5. The second-order valence-corrected chi connectivity index (χ2v) is 6.14. The van der Waals surface area contributed by atoms with Gasteiger partial charge in [-0.25, -0.2) is 9.59 Å². The zero-order valence-electron chi connectivity index (χ0n) is 14.8. The van der Waals surface area contributed by atoms with Gasteiger partial charge in [0.2, 0.25) is 5.91 Å². The molecule has 1 aromatic carbocycles. The van der Waals surface area contributed by atoms with Crippen LogP contribution in [0.15, 0.2) is 18.2 Å². The largest absolute Gasteiger partial charge is 0.462 e. The van der Waals surface area contributed by atoms with E-state index in [0.717, 1.165) is 12.8 Å². The topological polar surface area (TPSA) is 81.7 Å². The standard InChI is InChI=1S/C19H25NO5/c1-3-24-18(22)14-10-15(19(23)25-4-2)12-16(11-14)20-17(21)9-13-7-5-6-8-13/h10-13H,3-9H2,1-2H3,(H,20,21). The summed E-state index contributed by atoms with van der Waals surface area (Å²) < 4.78 is 9.97. The molecule has 0 bridgehead atoms. The molecule has 1 saturated carbocycles. The molecule has 0 atom stereocenters. The number of benzene rings is 1. The maximum absolute atomic E-state index is 12.2. The number of hydrogen-bond donors (Lipinski definition) is 1. The first kappa shape index (κ1) is 19.0. The van der Waals surface area contributed by atoms with Crippen molar-refractivity contribution in [1.82, 2.24) is 0 Å². The lowest BCUT2D eigenvalue weighted by Gasteiger charge is -2.12. The SMILES string of the molecule is CCOC(=O)c1cc(NC(=O)CC2CCCC2)cc(C(=O)OCC)c1. The molecule has 1 N–H and O–H groups in total. The van der Waals surface area contributed by atoms with Crippen LogP contribution in [0.1, 0.15) is 66.7 Å². The fourth-order valence-corrected chi connectivity index (χ4v) is 3.05. The van der Waals surface area contributed by atoms with Gasteiger partial charge in [0.05, 0.1) is 24.3 Å². The molecule has 0 aliphatic heterocycles. The molecule has 1 aliphatic rings. The monoisotopic (exact) mass is 347 g/mol. The lowest BCUT2D eigenvalue weighted by Crippen LogP contribution is -2.17. The van der Waals surface area contributed by atoms with E-state index in [-0.39, 0.29) is 30.2 Å². The summed E-state index contributed by atoms with van der Waals surface area (Å²) in [7, 11) is 0. The summed E-state index contributed by atoms with van der Waals surface area (Å²) in [5.74, 6) is -0.777. The summed E-state index contributed by atoms with van der Waals surface area (Å²) in [6.07, 6.45) is 4.94. The third-order valence-corrected chi connectivity index (χ3v) is 4.19. The third-order valence-electron chi connectivity index (χ3n) is 4.19. The number of rotatable bonds is 7. The van der Waals surface area contributed by atoms with Gasteiger partial charge >= 0.3 is 11.9 Å². The number of amides is 1. The van der Waals surface area contributed by atoms with Crippen molar-refractivity contribution in [2.75, 3.05) is 18.5 Å². The molecular formula is C19H25NO5. The van der Waals surface area contributed by atoms with Gasteiger partial charge in [0.25, 0.3) is 0 Å². The Labute approximate surface area is 147 Å². The zero-order valence-corrected chi connectivity index (χ0v) is 14.8. The number of carbonyl (C=O) groups is 3. The first-order valence-corrected chi connectivity index (χ1v) is 8.82. The van der Waals surface area contributed by atoms with Crippen molar-refractivity contribution < 1.29 is 23.9 Å². The Kier molecular flexibility index (Phi) is 6.98. The maximum atomic E-state index is 12.2. The van der Waals surface area contributed by atoms with Crippen LogP contribution in [0.3, 0.4) is 0 Å². The van der Waals surface area contributed by atoms with E-state index in [2.05, 4.69) is 5.32 Å². The Morgan fingerprint density at radius 2 is 1.48 bits per heavy atom. The Hall–Kier alpha value is -2.37. The smallest absolute Gasteiger partial charge is 0.338 e. The molecule has 0 heterocycles. The Morgan fingerprint density at radius 3 is 1.96 bits per heavy atom. The van der Waals surface area contributed by atoms with Gasteiger partial charge in [-0.1, -0.05) is 12.8 Å². The summed E-state index contributed by atoms with van der Waals surface area (Å²) in [4.78, 5) is 36.3. The van der Waals surface area contributed by atoms with Gasteiger partial charge in [0.1, 0.15) is 0 Å². The molecule has 6 heteroatoms. The molecule has 1 aromatic rings. The second-order valence-electron chi connectivity index (χ2n) is 6.14. The highest BCUT2D eigenvalue weighted by Gasteiger charge is 2.20. The summed E-state index contributed by atoms with van der Waals surface area (Å²) in [6, 6.07) is 4.46. The fourth-order valence-electron chi connectivity index (χ4n) is 3.05. The molecule has 0 saturated heterocycles. The molecule has 0 spiro atoms. The Morgan fingerprint density at radius 1 is 0.960 bits per heavy atom. The van der Waals surface area contributed by atoms with Crippen LogP contribution in [0.2, 0.25) is 0 Å². The molecule has 25 heavy (non-hydrogen) atoms. The van der Waals surface area contributed by atoms with E-state index in [4.69, 9.17) is 9.47 Å². The van der Waals surface area contributed by atoms with Crippen molar-refractivity contribution in [3.8, 4) is 0 Å². The molecule has 0 unspecified atom stereocenters. The van der Waals surface area contributed by atoms with E-state index < -0.39 is 11.9 Å². The van der Waals surface area contributed by atoms with Crippen molar-refractivity contribution in [2.45, 2.75) is 46.0 Å². The van der Waals surface area contributed by atoms with Gasteiger partial charge in [0, 0.05) is 12.1 Å². The van der Waals surface area contributed by atoms with Gasteiger partial charge in [-0.2, -0.15) is 0 Å². The van der Waals surface area contributed by atoms with Gasteiger partial charge in [-0.15, -0.1) is 0 Å². The highest BCUT2D eigenvalue weighted by molar-refractivity contribution is 5.99. The maximum Gasteiger partial charge on any atom is 0.338 e. The van der Waals surface area contributed by atoms with Crippen LogP contribution in [-0.4, -0.2) is 31.1 Å². The predicted molar refractivity (Wildman–Crippen MR) is 93.6 cm³/mol. The van der Waals surface area contributed by atoms with Crippen LogP contribution in [0.4, 0.5) is 5.69 Å². The summed E-state index contributed by atoms with van der Waals surface area (Å²) in [5.41, 5.74) is 0.823. The van der Waals surface area contributed by atoms with E-state index in [9.17, 15) is 14.4 Å². The number of carbonyl (C=O) groups excluding carboxylic acids is 3. The number of ether oxygens (including phenoxy) is 2. The third kappa shape index (κ3) is 5.59. The average Bonchev–Trinajstić information content (AvgIpc) is 3.07. The molecule has 136 valence electrons. The normalized spacial score (nSPS) is 14.2. The Balaban J connectivity index is 2.17. The van der Waals surface area contributed by atoms with Crippen LogP contribution in [0.5, 0.6) is 0 Å². The summed E-state index contributed by atoms with van der Waals surface area (Å²) >= 11 is 0. The zero-order chi connectivity index (χ0) is 18.2. The molecule has 0 radical (unpaired) electrons. The van der Waals surface area contributed by atoms with Gasteiger partial charge in [0.15, 0.2) is 0 Å². The molecule has 1 amide bonds. The van der Waals surface area contributed by atoms with Crippen molar-refractivity contribution in [1.29, 1.82) is 0 Å². The number of hydrogen-bond acceptors (Lipinski definition) is 5. The minimum atomic E-state index is -0.542.